The Labute approximate surface area is 137 Å². The number of carbonyl (C=O) groups is 1. The molecule has 4 nitrogen and oxygen atoms in total. The summed E-state index contributed by atoms with van der Waals surface area (Å²) in [6, 6.07) is 15.0. The van der Waals surface area contributed by atoms with Gasteiger partial charge in [0.25, 0.3) is 5.91 Å². The zero-order chi connectivity index (χ0) is 16.8. The SMILES string of the molecule is Cc1cccc(OC(C)C(=O)Nc2cccc(OC(C)C)c2)c1. The largest absolute Gasteiger partial charge is 0.491 e. The number of nitrogens with one attached hydrogen (secondary N) is 1. The van der Waals surface area contributed by atoms with Crippen molar-refractivity contribution in [3.05, 3.63) is 54.1 Å². The van der Waals surface area contributed by atoms with Gasteiger partial charge in [0.05, 0.1) is 6.10 Å². The molecule has 0 heterocycles. The number of rotatable bonds is 6. The van der Waals surface area contributed by atoms with Crippen LogP contribution >= 0.6 is 0 Å². The fraction of sp³-hybridized carbons (Fsp3) is 0.316. The summed E-state index contributed by atoms with van der Waals surface area (Å²) in [5.74, 6) is 1.21. The van der Waals surface area contributed by atoms with E-state index in [1.54, 1.807) is 13.0 Å². The monoisotopic (exact) mass is 313 g/mol. The van der Waals surface area contributed by atoms with Gasteiger partial charge in [-0.15, -0.1) is 0 Å². The predicted molar refractivity (Wildman–Crippen MR) is 92.1 cm³/mol. The van der Waals surface area contributed by atoms with Gasteiger partial charge in [-0.05, 0) is 57.5 Å². The number of anilines is 1. The molecule has 0 fully saturated rings. The van der Waals surface area contributed by atoms with Crippen LogP contribution in [-0.2, 0) is 4.79 Å². The van der Waals surface area contributed by atoms with Crippen LogP contribution in [-0.4, -0.2) is 18.1 Å². The van der Waals surface area contributed by atoms with Crippen molar-refractivity contribution in [2.75, 3.05) is 5.32 Å². The molecule has 1 unspecified atom stereocenters. The lowest BCUT2D eigenvalue weighted by atomic mass is 10.2. The van der Waals surface area contributed by atoms with E-state index in [0.29, 0.717) is 11.4 Å². The third-order valence-corrected chi connectivity index (χ3v) is 3.14. The minimum Gasteiger partial charge on any atom is -0.491 e. The fourth-order valence-corrected chi connectivity index (χ4v) is 2.11. The van der Waals surface area contributed by atoms with Crippen LogP contribution in [0, 0.1) is 6.92 Å². The minimum atomic E-state index is -0.591. The first-order valence-electron chi connectivity index (χ1n) is 7.75. The molecule has 0 bridgehead atoms. The highest BCUT2D eigenvalue weighted by Crippen LogP contribution is 2.19. The second-order valence-electron chi connectivity index (χ2n) is 5.76. The maximum absolute atomic E-state index is 12.3. The third-order valence-electron chi connectivity index (χ3n) is 3.14. The summed E-state index contributed by atoms with van der Waals surface area (Å²) in [4.78, 5) is 12.3. The molecule has 23 heavy (non-hydrogen) atoms. The number of hydrogen-bond acceptors (Lipinski definition) is 3. The summed E-state index contributed by atoms with van der Waals surface area (Å²) >= 11 is 0. The topological polar surface area (TPSA) is 47.6 Å². The zero-order valence-electron chi connectivity index (χ0n) is 14.0. The molecule has 122 valence electrons. The Morgan fingerprint density at radius 2 is 1.61 bits per heavy atom. The van der Waals surface area contributed by atoms with E-state index >= 15 is 0 Å². The summed E-state index contributed by atoms with van der Waals surface area (Å²) in [7, 11) is 0. The summed E-state index contributed by atoms with van der Waals surface area (Å²) < 4.78 is 11.3. The van der Waals surface area contributed by atoms with E-state index < -0.39 is 6.10 Å². The second kappa shape index (κ2) is 7.68. The predicted octanol–water partition coefficient (Wildman–Crippen LogP) is 4.19. The van der Waals surface area contributed by atoms with Crippen molar-refractivity contribution in [3.63, 3.8) is 0 Å². The molecule has 0 aliphatic heterocycles. The normalized spacial score (nSPS) is 11.9. The van der Waals surface area contributed by atoms with E-state index in [1.807, 2.05) is 63.2 Å². The van der Waals surface area contributed by atoms with Gasteiger partial charge in [-0.1, -0.05) is 18.2 Å². The number of aryl methyl sites for hydroxylation is 1. The molecule has 0 aliphatic carbocycles. The first kappa shape index (κ1) is 16.9. The molecule has 0 radical (unpaired) electrons. The summed E-state index contributed by atoms with van der Waals surface area (Å²) in [6.07, 6.45) is -0.504. The van der Waals surface area contributed by atoms with Crippen LogP contribution < -0.4 is 14.8 Å². The Morgan fingerprint density at radius 3 is 2.26 bits per heavy atom. The van der Waals surface area contributed by atoms with E-state index in [1.165, 1.54) is 0 Å². The fourth-order valence-electron chi connectivity index (χ4n) is 2.11. The van der Waals surface area contributed by atoms with Crippen molar-refractivity contribution in [2.45, 2.75) is 39.9 Å². The number of amides is 1. The van der Waals surface area contributed by atoms with Crippen molar-refractivity contribution < 1.29 is 14.3 Å². The quantitative estimate of drug-likeness (QED) is 0.870. The number of carbonyl (C=O) groups excluding carboxylic acids is 1. The van der Waals surface area contributed by atoms with Gasteiger partial charge in [0.2, 0.25) is 0 Å². The van der Waals surface area contributed by atoms with E-state index in [2.05, 4.69) is 5.32 Å². The molecule has 2 aromatic carbocycles. The van der Waals surface area contributed by atoms with Gasteiger partial charge >= 0.3 is 0 Å². The van der Waals surface area contributed by atoms with Crippen LogP contribution in [0.3, 0.4) is 0 Å². The van der Waals surface area contributed by atoms with Gasteiger partial charge in [-0.25, -0.2) is 0 Å². The van der Waals surface area contributed by atoms with Crippen LogP contribution in [0.25, 0.3) is 0 Å². The summed E-state index contributed by atoms with van der Waals surface area (Å²) in [5, 5.41) is 2.85. The van der Waals surface area contributed by atoms with Crippen molar-refractivity contribution in [1.82, 2.24) is 0 Å². The van der Waals surface area contributed by atoms with Crippen LogP contribution in [0.2, 0.25) is 0 Å². The first-order chi connectivity index (χ1) is 10.9. The molecule has 0 aliphatic rings. The molecule has 0 saturated carbocycles. The highest BCUT2D eigenvalue weighted by molar-refractivity contribution is 5.94. The molecular weight excluding hydrogens is 290 g/mol. The number of ether oxygens (including phenoxy) is 2. The van der Waals surface area contributed by atoms with Gasteiger partial charge < -0.3 is 14.8 Å². The molecule has 0 saturated heterocycles. The van der Waals surface area contributed by atoms with Crippen molar-refractivity contribution in [1.29, 1.82) is 0 Å². The van der Waals surface area contributed by atoms with Crippen LogP contribution in [0.1, 0.15) is 26.3 Å². The molecule has 0 spiro atoms. The molecule has 0 aromatic heterocycles. The van der Waals surface area contributed by atoms with Crippen molar-refractivity contribution in [2.24, 2.45) is 0 Å². The lowest BCUT2D eigenvalue weighted by Crippen LogP contribution is -2.30. The molecule has 2 rings (SSSR count). The van der Waals surface area contributed by atoms with E-state index in [0.717, 1.165) is 11.3 Å². The molecule has 4 heteroatoms. The number of benzene rings is 2. The Kier molecular flexibility index (Phi) is 5.63. The molecule has 1 amide bonds. The molecule has 1 atom stereocenters. The van der Waals surface area contributed by atoms with Gasteiger partial charge in [-0.3, -0.25) is 4.79 Å². The van der Waals surface area contributed by atoms with Crippen LogP contribution in [0.5, 0.6) is 11.5 Å². The van der Waals surface area contributed by atoms with E-state index in [-0.39, 0.29) is 12.0 Å². The maximum Gasteiger partial charge on any atom is 0.265 e. The standard InChI is InChI=1S/C19H23NO3/c1-13(2)22-18-10-6-8-16(12-18)20-19(21)15(4)23-17-9-5-7-14(3)11-17/h5-13,15H,1-4H3,(H,20,21). The van der Waals surface area contributed by atoms with Crippen molar-refractivity contribution in [3.8, 4) is 11.5 Å². The number of hydrogen-bond donors (Lipinski definition) is 1. The van der Waals surface area contributed by atoms with E-state index in [9.17, 15) is 4.79 Å². The van der Waals surface area contributed by atoms with E-state index in [4.69, 9.17) is 9.47 Å². The smallest absolute Gasteiger partial charge is 0.265 e. The molecule has 1 N–H and O–H groups in total. The van der Waals surface area contributed by atoms with Crippen LogP contribution in [0.4, 0.5) is 5.69 Å². The third kappa shape index (κ3) is 5.33. The second-order valence-corrected chi connectivity index (χ2v) is 5.76. The summed E-state index contributed by atoms with van der Waals surface area (Å²) in [6.45, 7) is 7.63. The molecule has 2 aromatic rings. The minimum absolute atomic E-state index is 0.0875. The average Bonchev–Trinajstić information content (AvgIpc) is 2.46. The summed E-state index contributed by atoms with van der Waals surface area (Å²) in [5.41, 5.74) is 1.78. The maximum atomic E-state index is 12.3. The van der Waals surface area contributed by atoms with Gasteiger partial charge in [0.1, 0.15) is 11.5 Å². The lowest BCUT2D eigenvalue weighted by molar-refractivity contribution is -0.122. The lowest BCUT2D eigenvalue weighted by Gasteiger charge is -2.16. The molecular formula is C19H23NO3. The highest BCUT2D eigenvalue weighted by atomic mass is 16.5. The Balaban J connectivity index is 1.98. The Morgan fingerprint density at radius 1 is 0.957 bits per heavy atom. The Bertz CT molecular complexity index is 667. The zero-order valence-corrected chi connectivity index (χ0v) is 14.0. The van der Waals surface area contributed by atoms with Gasteiger partial charge in [0.15, 0.2) is 6.10 Å². The van der Waals surface area contributed by atoms with Gasteiger partial charge in [-0.2, -0.15) is 0 Å². The van der Waals surface area contributed by atoms with Gasteiger partial charge in [0, 0.05) is 11.8 Å². The Hall–Kier alpha value is -2.49. The highest BCUT2D eigenvalue weighted by Gasteiger charge is 2.15. The van der Waals surface area contributed by atoms with Crippen LogP contribution in [0.15, 0.2) is 48.5 Å². The average molecular weight is 313 g/mol. The van der Waals surface area contributed by atoms with Crippen molar-refractivity contribution >= 4 is 11.6 Å². The first-order valence-corrected chi connectivity index (χ1v) is 7.75.